The Hall–Kier alpha value is -3.11. The van der Waals surface area contributed by atoms with Gasteiger partial charge in [-0.15, -0.1) is 11.3 Å². The van der Waals surface area contributed by atoms with Crippen molar-refractivity contribution in [1.29, 1.82) is 0 Å². The number of piperazine rings is 2. The highest BCUT2D eigenvalue weighted by Gasteiger charge is 2.42. The molecule has 4 amide bonds. The zero-order valence-electron chi connectivity index (χ0n) is 22.6. The van der Waals surface area contributed by atoms with Gasteiger partial charge in [0.25, 0.3) is 5.91 Å². The number of nitrogens with zero attached hydrogens (tertiary/aromatic N) is 3. The number of rotatable bonds is 4. The number of urea groups is 1. The van der Waals surface area contributed by atoms with Gasteiger partial charge in [-0.1, -0.05) is 26.8 Å². The molecule has 1 aromatic carbocycles. The van der Waals surface area contributed by atoms with Gasteiger partial charge in [-0.3, -0.25) is 14.9 Å². The van der Waals surface area contributed by atoms with Crippen LogP contribution in [0.4, 0.5) is 21.2 Å². The predicted molar refractivity (Wildman–Crippen MR) is 150 cm³/mol. The third-order valence-corrected chi connectivity index (χ3v) is 8.47. The number of anilines is 3. The standard InChI is InChI=1S/C27H38N6O3S/c1-26(2,3)21-17-20(23(34)33-11-10-28-24(35)27(33,4)5)22(37-21)30-25(36)29-18-8-7-9-19(16-18)32-14-12-31(6)13-15-32/h7-9,16-17H,10-15H2,1-6H3,(H,28,35)(H2,29,30,36). The van der Waals surface area contributed by atoms with Crippen molar-refractivity contribution >= 4 is 45.6 Å². The second-order valence-electron chi connectivity index (χ2n) is 11.3. The molecule has 10 heteroatoms. The fourth-order valence-corrected chi connectivity index (χ4v) is 5.63. The quantitative estimate of drug-likeness (QED) is 0.563. The van der Waals surface area contributed by atoms with Crippen LogP contribution in [0.3, 0.4) is 0 Å². The van der Waals surface area contributed by atoms with Crippen LogP contribution in [0.1, 0.15) is 49.9 Å². The number of likely N-dealkylation sites (N-methyl/N-ethyl adjacent to an activating group) is 1. The van der Waals surface area contributed by atoms with E-state index in [9.17, 15) is 14.4 Å². The van der Waals surface area contributed by atoms with E-state index in [4.69, 9.17) is 0 Å². The van der Waals surface area contributed by atoms with Crippen LogP contribution >= 0.6 is 11.3 Å². The van der Waals surface area contributed by atoms with Crippen molar-refractivity contribution in [3.05, 3.63) is 40.8 Å². The van der Waals surface area contributed by atoms with E-state index in [2.05, 4.69) is 59.6 Å². The summed E-state index contributed by atoms with van der Waals surface area (Å²) in [7, 11) is 2.12. The first kappa shape index (κ1) is 26.9. The van der Waals surface area contributed by atoms with Crippen molar-refractivity contribution in [3.63, 3.8) is 0 Å². The molecule has 2 fully saturated rings. The molecule has 0 atom stereocenters. The Labute approximate surface area is 223 Å². The smallest absolute Gasteiger partial charge is 0.324 e. The Morgan fingerprint density at radius 2 is 1.73 bits per heavy atom. The second-order valence-corrected chi connectivity index (χ2v) is 12.3. The predicted octanol–water partition coefficient (Wildman–Crippen LogP) is 3.79. The van der Waals surface area contributed by atoms with Crippen LogP contribution in [0.2, 0.25) is 0 Å². The van der Waals surface area contributed by atoms with Gasteiger partial charge < -0.3 is 25.3 Å². The maximum Gasteiger partial charge on any atom is 0.324 e. The Kier molecular flexibility index (Phi) is 7.52. The maximum absolute atomic E-state index is 13.7. The van der Waals surface area contributed by atoms with Crippen LogP contribution in [0.25, 0.3) is 0 Å². The topological polar surface area (TPSA) is 97.0 Å². The van der Waals surface area contributed by atoms with E-state index in [-0.39, 0.29) is 17.2 Å². The van der Waals surface area contributed by atoms with E-state index in [1.165, 1.54) is 11.3 Å². The molecule has 1 aromatic heterocycles. The van der Waals surface area contributed by atoms with Gasteiger partial charge in [0.2, 0.25) is 5.91 Å². The molecule has 0 unspecified atom stereocenters. The molecule has 0 aliphatic carbocycles. The van der Waals surface area contributed by atoms with Gasteiger partial charge in [0.15, 0.2) is 0 Å². The summed E-state index contributed by atoms with van der Waals surface area (Å²) in [4.78, 5) is 46.4. The summed E-state index contributed by atoms with van der Waals surface area (Å²) in [6.07, 6.45) is 0. The number of amides is 4. The first-order chi connectivity index (χ1) is 17.4. The van der Waals surface area contributed by atoms with Gasteiger partial charge in [0, 0.05) is 55.5 Å². The molecule has 2 aliphatic heterocycles. The van der Waals surface area contributed by atoms with Gasteiger partial charge in [0.05, 0.1) is 5.56 Å². The van der Waals surface area contributed by atoms with Gasteiger partial charge in [0.1, 0.15) is 10.5 Å². The molecule has 2 aromatic rings. The molecule has 0 saturated carbocycles. The van der Waals surface area contributed by atoms with Gasteiger partial charge in [-0.05, 0) is 50.6 Å². The van der Waals surface area contributed by atoms with Gasteiger partial charge in [-0.2, -0.15) is 0 Å². The van der Waals surface area contributed by atoms with Crippen molar-refractivity contribution in [2.24, 2.45) is 0 Å². The van der Waals surface area contributed by atoms with E-state index < -0.39 is 11.6 Å². The minimum absolute atomic E-state index is 0.189. The van der Waals surface area contributed by atoms with Crippen molar-refractivity contribution in [3.8, 4) is 0 Å². The molecule has 3 N–H and O–H groups in total. The Morgan fingerprint density at radius 3 is 2.41 bits per heavy atom. The third-order valence-electron chi connectivity index (χ3n) is 7.00. The number of hydrogen-bond donors (Lipinski definition) is 3. The number of carbonyl (C=O) groups excluding carboxylic acids is 3. The number of benzene rings is 1. The number of thiophene rings is 1. The highest BCUT2D eigenvalue weighted by atomic mass is 32.1. The van der Waals surface area contributed by atoms with Crippen molar-refractivity contribution in [2.45, 2.75) is 45.6 Å². The lowest BCUT2D eigenvalue weighted by Crippen LogP contribution is -2.63. The fourth-order valence-electron chi connectivity index (χ4n) is 4.52. The summed E-state index contributed by atoms with van der Waals surface area (Å²) in [6, 6.07) is 9.25. The summed E-state index contributed by atoms with van der Waals surface area (Å²) in [5, 5.41) is 9.14. The molecule has 2 saturated heterocycles. The van der Waals surface area contributed by atoms with E-state index >= 15 is 0 Å². The summed E-state index contributed by atoms with van der Waals surface area (Å²) >= 11 is 1.39. The fraction of sp³-hybridized carbons (Fsp3) is 0.519. The van der Waals surface area contributed by atoms with E-state index in [1.807, 2.05) is 24.3 Å². The summed E-state index contributed by atoms with van der Waals surface area (Å²) < 4.78 is 0. The van der Waals surface area contributed by atoms with Crippen LogP contribution in [0.15, 0.2) is 30.3 Å². The Morgan fingerprint density at radius 1 is 1.03 bits per heavy atom. The molecule has 200 valence electrons. The van der Waals surface area contributed by atoms with Crippen LogP contribution in [0, 0.1) is 0 Å². The number of nitrogens with one attached hydrogen (secondary N) is 3. The van der Waals surface area contributed by atoms with Crippen molar-refractivity contribution in [1.82, 2.24) is 15.1 Å². The largest absolute Gasteiger partial charge is 0.369 e. The normalized spacial score (nSPS) is 18.4. The molecule has 3 heterocycles. The Balaban J connectivity index is 1.54. The lowest BCUT2D eigenvalue weighted by atomic mass is 9.93. The summed E-state index contributed by atoms with van der Waals surface area (Å²) in [5.41, 5.74) is 0.963. The highest BCUT2D eigenvalue weighted by Crippen LogP contribution is 2.38. The molecule has 4 rings (SSSR count). The molecule has 0 radical (unpaired) electrons. The zero-order valence-corrected chi connectivity index (χ0v) is 23.4. The van der Waals surface area contributed by atoms with E-state index in [1.54, 1.807) is 18.7 Å². The van der Waals surface area contributed by atoms with Crippen LogP contribution < -0.4 is 20.9 Å². The van der Waals surface area contributed by atoms with Crippen LogP contribution in [-0.4, -0.2) is 79.5 Å². The molecular weight excluding hydrogens is 488 g/mol. The third kappa shape index (κ3) is 5.91. The Bertz CT molecular complexity index is 1180. The molecular formula is C27H38N6O3S. The number of hydrogen-bond acceptors (Lipinski definition) is 6. The number of carbonyl (C=O) groups is 3. The van der Waals surface area contributed by atoms with Crippen molar-refractivity contribution in [2.75, 3.05) is 61.8 Å². The molecule has 0 bridgehead atoms. The van der Waals surface area contributed by atoms with E-state index in [0.29, 0.717) is 29.3 Å². The van der Waals surface area contributed by atoms with Crippen LogP contribution in [0.5, 0.6) is 0 Å². The average Bonchev–Trinajstić information content (AvgIpc) is 3.25. The zero-order chi connectivity index (χ0) is 27.0. The summed E-state index contributed by atoms with van der Waals surface area (Å²) in [5.74, 6) is -0.454. The average molecular weight is 527 g/mol. The molecule has 2 aliphatic rings. The molecule has 0 spiro atoms. The first-order valence-corrected chi connectivity index (χ1v) is 13.5. The minimum Gasteiger partial charge on any atom is -0.369 e. The van der Waals surface area contributed by atoms with Gasteiger partial charge in [-0.25, -0.2) is 4.79 Å². The van der Waals surface area contributed by atoms with Gasteiger partial charge >= 0.3 is 6.03 Å². The monoisotopic (exact) mass is 526 g/mol. The first-order valence-electron chi connectivity index (χ1n) is 12.7. The lowest BCUT2D eigenvalue weighted by Gasteiger charge is -2.41. The molecule has 37 heavy (non-hydrogen) atoms. The van der Waals surface area contributed by atoms with E-state index in [0.717, 1.165) is 36.7 Å². The second kappa shape index (κ2) is 10.3. The van der Waals surface area contributed by atoms with Crippen molar-refractivity contribution < 1.29 is 14.4 Å². The minimum atomic E-state index is -0.984. The summed E-state index contributed by atoms with van der Waals surface area (Å²) in [6.45, 7) is 14.4. The highest BCUT2D eigenvalue weighted by molar-refractivity contribution is 7.16. The molecule has 9 nitrogen and oxygen atoms in total. The van der Waals surface area contributed by atoms with Crippen LogP contribution in [-0.2, 0) is 10.2 Å². The SMILES string of the molecule is CN1CCN(c2cccc(NC(=O)Nc3sc(C(C)(C)C)cc3C(=O)N3CCNC(=O)C3(C)C)c2)CC1. The maximum atomic E-state index is 13.7. The lowest BCUT2D eigenvalue weighted by molar-refractivity contribution is -0.133.